The van der Waals surface area contributed by atoms with Crippen LogP contribution in [0.25, 0.3) is 0 Å². The number of benzene rings is 2. The normalized spacial score (nSPS) is 10.2. The van der Waals surface area contributed by atoms with E-state index in [1.54, 1.807) is 13.1 Å². The molecule has 1 N–H and O–H groups in total. The van der Waals surface area contributed by atoms with Gasteiger partial charge < -0.3 is 10.2 Å². The number of nitro benzene ring substituents is 1. The fourth-order valence-electron chi connectivity index (χ4n) is 2.27. The van der Waals surface area contributed by atoms with Gasteiger partial charge in [0.1, 0.15) is 0 Å². The standard InChI is InChI=1S/C17H19N3O3/c1-12-7-8-14(13(2)9-12)11-19(3)17(21)18-15-5-4-6-16(10-15)20(22)23/h4-10H,11H2,1-3H3,(H,18,21). The number of nitrogens with one attached hydrogen (secondary N) is 1. The van der Waals surface area contributed by atoms with Crippen molar-refractivity contribution >= 4 is 17.4 Å². The first-order valence-electron chi connectivity index (χ1n) is 7.19. The summed E-state index contributed by atoms with van der Waals surface area (Å²) in [4.78, 5) is 24.0. The van der Waals surface area contributed by atoms with Gasteiger partial charge in [0.05, 0.1) is 4.92 Å². The van der Waals surface area contributed by atoms with E-state index < -0.39 is 4.92 Å². The van der Waals surface area contributed by atoms with Crippen molar-refractivity contribution in [3.05, 3.63) is 69.3 Å². The molecule has 0 heterocycles. The quantitative estimate of drug-likeness (QED) is 0.687. The maximum atomic E-state index is 12.2. The minimum Gasteiger partial charge on any atom is -0.323 e. The van der Waals surface area contributed by atoms with Crippen LogP contribution in [0.2, 0.25) is 0 Å². The SMILES string of the molecule is Cc1ccc(CN(C)C(=O)Nc2cccc([N+](=O)[O-])c2)c(C)c1. The van der Waals surface area contributed by atoms with Gasteiger partial charge in [-0.25, -0.2) is 4.79 Å². The first-order chi connectivity index (χ1) is 10.9. The van der Waals surface area contributed by atoms with Crippen LogP contribution in [0.3, 0.4) is 0 Å². The topological polar surface area (TPSA) is 75.5 Å². The minimum atomic E-state index is -0.491. The van der Waals surface area contributed by atoms with E-state index >= 15 is 0 Å². The zero-order valence-electron chi connectivity index (χ0n) is 13.4. The molecular formula is C17H19N3O3. The second kappa shape index (κ2) is 6.91. The number of rotatable bonds is 4. The molecule has 6 nitrogen and oxygen atoms in total. The van der Waals surface area contributed by atoms with Gasteiger partial charge in [0.2, 0.25) is 0 Å². The van der Waals surface area contributed by atoms with Gasteiger partial charge in [0.25, 0.3) is 5.69 Å². The molecule has 23 heavy (non-hydrogen) atoms. The fourth-order valence-corrected chi connectivity index (χ4v) is 2.27. The van der Waals surface area contributed by atoms with Crippen molar-refractivity contribution in [2.75, 3.05) is 12.4 Å². The van der Waals surface area contributed by atoms with E-state index in [1.807, 2.05) is 26.0 Å². The van der Waals surface area contributed by atoms with Crippen molar-refractivity contribution in [3.8, 4) is 0 Å². The Morgan fingerprint density at radius 2 is 1.96 bits per heavy atom. The number of hydrogen-bond acceptors (Lipinski definition) is 3. The third-order valence-corrected chi connectivity index (χ3v) is 3.56. The number of amides is 2. The van der Waals surface area contributed by atoms with Gasteiger partial charge >= 0.3 is 6.03 Å². The largest absolute Gasteiger partial charge is 0.323 e. The lowest BCUT2D eigenvalue weighted by Crippen LogP contribution is -2.31. The molecule has 0 bridgehead atoms. The third kappa shape index (κ3) is 4.29. The molecule has 0 saturated carbocycles. The van der Waals surface area contributed by atoms with E-state index in [-0.39, 0.29) is 11.7 Å². The smallest absolute Gasteiger partial charge is 0.321 e. The summed E-state index contributed by atoms with van der Waals surface area (Å²) in [7, 11) is 1.69. The van der Waals surface area contributed by atoms with Gasteiger partial charge in [0.15, 0.2) is 0 Å². The summed E-state index contributed by atoms with van der Waals surface area (Å²) in [6.45, 7) is 4.50. The highest BCUT2D eigenvalue weighted by Gasteiger charge is 2.12. The number of urea groups is 1. The molecule has 120 valence electrons. The average Bonchev–Trinajstić information content (AvgIpc) is 2.50. The predicted molar refractivity (Wildman–Crippen MR) is 89.5 cm³/mol. The summed E-state index contributed by atoms with van der Waals surface area (Å²) in [5.41, 5.74) is 3.71. The molecule has 0 spiro atoms. The van der Waals surface area contributed by atoms with E-state index in [2.05, 4.69) is 11.4 Å². The maximum absolute atomic E-state index is 12.2. The monoisotopic (exact) mass is 313 g/mol. The van der Waals surface area contributed by atoms with Crippen LogP contribution in [0.4, 0.5) is 16.2 Å². The molecule has 0 radical (unpaired) electrons. The third-order valence-electron chi connectivity index (χ3n) is 3.56. The van der Waals surface area contributed by atoms with E-state index in [0.29, 0.717) is 12.2 Å². The zero-order valence-corrected chi connectivity index (χ0v) is 13.4. The molecule has 0 saturated heterocycles. The van der Waals surface area contributed by atoms with Crippen LogP contribution in [0.5, 0.6) is 0 Å². The zero-order chi connectivity index (χ0) is 17.0. The molecule has 0 aromatic heterocycles. The number of aryl methyl sites for hydroxylation is 2. The van der Waals surface area contributed by atoms with Crippen molar-refractivity contribution in [1.82, 2.24) is 4.90 Å². The molecule has 0 atom stereocenters. The van der Waals surface area contributed by atoms with E-state index in [1.165, 1.54) is 28.7 Å². The highest BCUT2D eigenvalue weighted by molar-refractivity contribution is 5.89. The van der Waals surface area contributed by atoms with Crippen LogP contribution in [0.1, 0.15) is 16.7 Å². The number of non-ortho nitro benzene ring substituents is 1. The van der Waals surface area contributed by atoms with Gasteiger partial charge in [-0.05, 0) is 31.0 Å². The molecule has 6 heteroatoms. The summed E-state index contributed by atoms with van der Waals surface area (Å²) < 4.78 is 0. The minimum absolute atomic E-state index is 0.0557. The van der Waals surface area contributed by atoms with Crippen molar-refractivity contribution in [2.24, 2.45) is 0 Å². The van der Waals surface area contributed by atoms with E-state index in [9.17, 15) is 14.9 Å². The predicted octanol–water partition coefficient (Wildman–Crippen LogP) is 3.88. The van der Waals surface area contributed by atoms with Crippen molar-refractivity contribution in [3.63, 3.8) is 0 Å². The first-order valence-corrected chi connectivity index (χ1v) is 7.19. The Morgan fingerprint density at radius 3 is 2.61 bits per heavy atom. The lowest BCUT2D eigenvalue weighted by molar-refractivity contribution is -0.384. The Kier molecular flexibility index (Phi) is 4.95. The summed E-state index contributed by atoms with van der Waals surface area (Å²) in [5, 5.41) is 13.4. The summed E-state index contributed by atoms with van der Waals surface area (Å²) in [6.07, 6.45) is 0. The van der Waals surface area contributed by atoms with Gasteiger partial charge in [-0.15, -0.1) is 0 Å². The maximum Gasteiger partial charge on any atom is 0.321 e. The van der Waals surface area contributed by atoms with Gasteiger partial charge in [0, 0.05) is 31.4 Å². The number of nitrogens with zero attached hydrogens (tertiary/aromatic N) is 2. The summed E-state index contributed by atoms with van der Waals surface area (Å²) in [6, 6.07) is 11.6. The van der Waals surface area contributed by atoms with Crippen molar-refractivity contribution < 1.29 is 9.72 Å². The highest BCUT2D eigenvalue weighted by Crippen LogP contribution is 2.18. The molecule has 0 aliphatic heterocycles. The lowest BCUT2D eigenvalue weighted by Gasteiger charge is -2.19. The second-order valence-corrected chi connectivity index (χ2v) is 5.52. The first kappa shape index (κ1) is 16.5. The van der Waals surface area contributed by atoms with Crippen LogP contribution < -0.4 is 5.32 Å². The highest BCUT2D eigenvalue weighted by atomic mass is 16.6. The Bertz CT molecular complexity index is 744. The van der Waals surface area contributed by atoms with Crippen LogP contribution >= 0.6 is 0 Å². The number of nitro groups is 1. The average molecular weight is 313 g/mol. The van der Waals surface area contributed by atoms with Crippen LogP contribution in [0.15, 0.2) is 42.5 Å². The van der Waals surface area contributed by atoms with Gasteiger partial charge in [-0.1, -0.05) is 29.8 Å². The Balaban J connectivity index is 2.05. The molecular weight excluding hydrogens is 294 g/mol. The Morgan fingerprint density at radius 1 is 1.22 bits per heavy atom. The molecule has 2 aromatic carbocycles. The second-order valence-electron chi connectivity index (χ2n) is 5.52. The fraction of sp³-hybridized carbons (Fsp3) is 0.235. The number of anilines is 1. The molecule has 2 aromatic rings. The molecule has 0 aliphatic carbocycles. The van der Waals surface area contributed by atoms with E-state index in [4.69, 9.17) is 0 Å². The molecule has 2 amide bonds. The molecule has 0 unspecified atom stereocenters. The van der Waals surface area contributed by atoms with Crippen LogP contribution in [0, 0.1) is 24.0 Å². The number of hydrogen-bond donors (Lipinski definition) is 1. The van der Waals surface area contributed by atoms with Gasteiger partial charge in [-0.3, -0.25) is 10.1 Å². The van der Waals surface area contributed by atoms with Crippen LogP contribution in [-0.2, 0) is 6.54 Å². The Labute approximate surface area is 134 Å². The summed E-state index contributed by atoms with van der Waals surface area (Å²) in [5.74, 6) is 0. The molecule has 0 fully saturated rings. The number of carbonyl (C=O) groups is 1. The molecule has 2 rings (SSSR count). The van der Waals surface area contributed by atoms with Crippen molar-refractivity contribution in [1.29, 1.82) is 0 Å². The number of carbonyl (C=O) groups excluding carboxylic acids is 1. The molecule has 0 aliphatic rings. The van der Waals surface area contributed by atoms with Gasteiger partial charge in [-0.2, -0.15) is 0 Å². The Hall–Kier alpha value is -2.89. The van der Waals surface area contributed by atoms with Crippen LogP contribution in [-0.4, -0.2) is 22.9 Å². The lowest BCUT2D eigenvalue weighted by atomic mass is 10.1. The van der Waals surface area contributed by atoms with Crippen molar-refractivity contribution in [2.45, 2.75) is 20.4 Å². The summed E-state index contributed by atoms with van der Waals surface area (Å²) >= 11 is 0. The van der Waals surface area contributed by atoms with E-state index in [0.717, 1.165) is 11.1 Å².